The van der Waals surface area contributed by atoms with Gasteiger partial charge in [-0.05, 0) is 37.4 Å². The average molecular weight is 639 g/mol. The van der Waals surface area contributed by atoms with E-state index in [1.54, 1.807) is 18.8 Å². The molecule has 1 saturated carbocycles. The highest BCUT2D eigenvalue weighted by molar-refractivity contribution is 6.74. The third kappa shape index (κ3) is 5.95. The summed E-state index contributed by atoms with van der Waals surface area (Å²) in [6.45, 7) is 13.5. The van der Waals surface area contributed by atoms with Crippen LogP contribution in [0.4, 0.5) is 10.2 Å². The Hall–Kier alpha value is -2.54. The molecule has 14 heteroatoms. The van der Waals surface area contributed by atoms with Crippen LogP contribution in [0, 0.1) is 11.2 Å². The Bertz CT molecular complexity index is 1520. The molecule has 3 aromatic rings. The van der Waals surface area contributed by atoms with Gasteiger partial charge in [0.15, 0.2) is 25.0 Å². The second-order valence-electron chi connectivity index (χ2n) is 13.1. The lowest BCUT2D eigenvalue weighted by atomic mass is 10.1. The summed E-state index contributed by atoms with van der Waals surface area (Å²) in [7, 11) is 1.39. The molecule has 1 fully saturated rings. The van der Waals surface area contributed by atoms with Gasteiger partial charge in [0, 0.05) is 45.4 Å². The van der Waals surface area contributed by atoms with Crippen molar-refractivity contribution in [3.05, 3.63) is 33.6 Å². The lowest BCUT2D eigenvalue weighted by Gasteiger charge is -2.37. The number of fused-ring (bicyclic) bond motifs is 2. The summed E-state index contributed by atoms with van der Waals surface area (Å²) in [6, 6.07) is 0.0598. The second kappa shape index (κ2) is 11.2. The molecule has 42 heavy (non-hydrogen) atoms. The lowest BCUT2D eigenvalue weighted by Crippen LogP contribution is -2.42. The maximum atomic E-state index is 15.3. The SMILES string of the molecule is CN(C)C(=O)c1nn2c(c1Cl)CN(c1nc(OCC3(CO[Si](C)(C)C(C)(C)C)CC3)nc3c(F)c(Cl)ncc13)CCC2. The van der Waals surface area contributed by atoms with Crippen molar-refractivity contribution in [2.75, 3.05) is 38.8 Å². The van der Waals surface area contributed by atoms with Gasteiger partial charge in [0.25, 0.3) is 5.91 Å². The minimum absolute atomic E-state index is 0.0321. The van der Waals surface area contributed by atoms with E-state index in [1.807, 2.05) is 4.90 Å². The molecule has 10 nitrogen and oxygen atoms in total. The molecule has 5 rings (SSSR count). The number of nitrogens with zero attached hydrogens (tertiary/aromatic N) is 7. The van der Waals surface area contributed by atoms with E-state index in [9.17, 15) is 4.79 Å². The van der Waals surface area contributed by atoms with Gasteiger partial charge in [0.05, 0.1) is 29.3 Å². The number of carbonyl (C=O) groups excluding carboxylic acids is 1. The number of aryl methyl sites for hydroxylation is 1. The first-order valence-corrected chi connectivity index (χ1v) is 17.8. The number of hydrogen-bond donors (Lipinski definition) is 0. The molecule has 0 atom stereocenters. The van der Waals surface area contributed by atoms with E-state index >= 15 is 4.39 Å². The highest BCUT2D eigenvalue weighted by Crippen LogP contribution is 2.48. The number of rotatable bonds is 8. The molecule has 1 aliphatic heterocycles. The molecule has 4 heterocycles. The zero-order valence-electron chi connectivity index (χ0n) is 25.2. The summed E-state index contributed by atoms with van der Waals surface area (Å²) in [5.41, 5.74) is 0.796. The number of halogens is 3. The number of carbonyl (C=O) groups is 1. The van der Waals surface area contributed by atoms with Gasteiger partial charge in [-0.2, -0.15) is 15.1 Å². The topological polar surface area (TPSA) is 98.5 Å². The van der Waals surface area contributed by atoms with Crippen molar-refractivity contribution in [1.29, 1.82) is 0 Å². The first-order valence-electron chi connectivity index (χ1n) is 14.1. The molecular weight excluding hydrogens is 600 g/mol. The van der Waals surface area contributed by atoms with Crippen molar-refractivity contribution in [1.82, 2.24) is 29.6 Å². The van der Waals surface area contributed by atoms with Gasteiger partial charge in [0.2, 0.25) is 0 Å². The molecule has 228 valence electrons. The summed E-state index contributed by atoms with van der Waals surface area (Å²) in [6.07, 6.45) is 4.13. The van der Waals surface area contributed by atoms with E-state index in [0.717, 1.165) is 12.8 Å². The molecule has 3 aromatic heterocycles. The molecule has 0 unspecified atom stereocenters. The van der Waals surface area contributed by atoms with E-state index in [2.05, 4.69) is 48.9 Å². The van der Waals surface area contributed by atoms with E-state index in [1.165, 1.54) is 11.1 Å². The average Bonchev–Trinajstić information content (AvgIpc) is 3.68. The Balaban J connectivity index is 1.45. The third-order valence-electron chi connectivity index (χ3n) is 8.65. The zero-order chi connectivity index (χ0) is 30.6. The van der Waals surface area contributed by atoms with Crippen LogP contribution in [0.2, 0.25) is 28.3 Å². The molecule has 0 saturated heterocycles. The predicted molar refractivity (Wildman–Crippen MR) is 164 cm³/mol. The molecule has 2 aliphatic rings. The fourth-order valence-electron chi connectivity index (χ4n) is 4.59. The summed E-state index contributed by atoms with van der Waals surface area (Å²) < 4.78 is 29.7. The largest absolute Gasteiger partial charge is 0.463 e. The van der Waals surface area contributed by atoms with Crippen molar-refractivity contribution >= 4 is 54.1 Å². The van der Waals surface area contributed by atoms with Crippen molar-refractivity contribution < 1.29 is 18.3 Å². The number of amides is 1. The molecule has 0 spiro atoms. The monoisotopic (exact) mass is 637 g/mol. The van der Waals surface area contributed by atoms with Crippen LogP contribution < -0.4 is 9.64 Å². The first-order chi connectivity index (χ1) is 19.6. The van der Waals surface area contributed by atoms with Crippen LogP contribution >= 0.6 is 23.2 Å². The van der Waals surface area contributed by atoms with E-state index < -0.39 is 14.1 Å². The highest BCUT2D eigenvalue weighted by Gasteiger charge is 2.47. The van der Waals surface area contributed by atoms with Gasteiger partial charge in [-0.25, -0.2) is 9.37 Å². The van der Waals surface area contributed by atoms with Crippen LogP contribution in [0.1, 0.15) is 56.2 Å². The van der Waals surface area contributed by atoms with Crippen LogP contribution in [0.15, 0.2) is 6.20 Å². The molecule has 0 aromatic carbocycles. The highest BCUT2D eigenvalue weighted by atomic mass is 35.5. The molecule has 0 N–H and O–H groups in total. The lowest BCUT2D eigenvalue weighted by molar-refractivity contribution is 0.0821. The number of pyridine rings is 1. The summed E-state index contributed by atoms with van der Waals surface area (Å²) in [5.74, 6) is -0.559. The third-order valence-corrected chi connectivity index (χ3v) is 13.8. The van der Waals surface area contributed by atoms with Crippen molar-refractivity contribution in [2.45, 2.75) is 71.3 Å². The zero-order valence-corrected chi connectivity index (χ0v) is 27.7. The summed E-state index contributed by atoms with van der Waals surface area (Å²) >= 11 is 12.7. The standard InChI is InChI=1S/C28H38Cl2FN7O3Si/c1-27(2,3)42(6,7)41-16-28(9-10-28)15-40-26-33-21-17(13-32-23(30)20(21)31)24(34-26)37-11-8-12-38-18(14-37)19(29)22(35-38)25(39)36(4)5/h13H,8-12,14-16H2,1-7H3. The number of ether oxygens (including phenoxy) is 1. The van der Waals surface area contributed by atoms with E-state index in [-0.39, 0.29) is 38.7 Å². The van der Waals surface area contributed by atoms with Crippen LogP contribution in [0.25, 0.3) is 10.9 Å². The molecule has 0 radical (unpaired) electrons. The summed E-state index contributed by atoms with van der Waals surface area (Å²) in [5, 5.41) is 5.02. The Kier molecular flexibility index (Phi) is 8.23. The normalized spacial score (nSPS) is 16.8. The van der Waals surface area contributed by atoms with Gasteiger partial charge in [0.1, 0.15) is 11.3 Å². The molecular formula is C28H38Cl2FN7O3Si. The fraction of sp³-hybridized carbons (Fsp3) is 0.607. The van der Waals surface area contributed by atoms with Gasteiger partial charge in [-0.1, -0.05) is 44.0 Å². The van der Waals surface area contributed by atoms with E-state index in [4.69, 9.17) is 37.3 Å². The smallest absolute Gasteiger partial charge is 0.319 e. The van der Waals surface area contributed by atoms with Gasteiger partial charge in [-0.3, -0.25) is 9.48 Å². The number of hydrogen-bond acceptors (Lipinski definition) is 8. The second-order valence-corrected chi connectivity index (χ2v) is 18.6. The van der Waals surface area contributed by atoms with Crippen LogP contribution in [0.5, 0.6) is 6.01 Å². The molecule has 0 bridgehead atoms. The van der Waals surface area contributed by atoms with Gasteiger partial charge in [-0.15, -0.1) is 0 Å². The minimum Gasteiger partial charge on any atom is -0.463 e. The quantitative estimate of drug-likeness (QED) is 0.220. The number of anilines is 1. The van der Waals surface area contributed by atoms with Crippen molar-refractivity contribution in [2.24, 2.45) is 5.41 Å². The molecule has 1 aliphatic carbocycles. The van der Waals surface area contributed by atoms with Gasteiger partial charge < -0.3 is 19.0 Å². The Morgan fingerprint density at radius 1 is 1.17 bits per heavy atom. The van der Waals surface area contributed by atoms with Crippen molar-refractivity contribution in [3.63, 3.8) is 0 Å². The fourth-order valence-corrected chi connectivity index (χ4v) is 6.11. The van der Waals surface area contributed by atoms with Crippen LogP contribution in [-0.4, -0.2) is 77.7 Å². The first kappa shape index (κ1) is 30.9. The molecule has 1 amide bonds. The predicted octanol–water partition coefficient (Wildman–Crippen LogP) is 5.96. The maximum absolute atomic E-state index is 15.3. The Morgan fingerprint density at radius 2 is 1.88 bits per heavy atom. The minimum atomic E-state index is -1.92. The van der Waals surface area contributed by atoms with Crippen molar-refractivity contribution in [3.8, 4) is 6.01 Å². The Morgan fingerprint density at radius 3 is 2.52 bits per heavy atom. The van der Waals surface area contributed by atoms with Crippen LogP contribution in [0.3, 0.4) is 0 Å². The Labute approximate surface area is 256 Å². The number of aromatic nitrogens is 5. The van der Waals surface area contributed by atoms with E-state index in [0.29, 0.717) is 61.2 Å². The summed E-state index contributed by atoms with van der Waals surface area (Å²) in [4.78, 5) is 29.3. The van der Waals surface area contributed by atoms with Gasteiger partial charge >= 0.3 is 6.01 Å². The van der Waals surface area contributed by atoms with Crippen LogP contribution in [-0.2, 0) is 17.5 Å². The maximum Gasteiger partial charge on any atom is 0.319 e.